The fourth-order valence-corrected chi connectivity index (χ4v) is 74.2. The number of benzene rings is 3. The third kappa shape index (κ3) is 14.4. The maximum absolute atomic E-state index is 3.72. The largest absolute Gasteiger partial charge is 1.00 e. The van der Waals surface area contributed by atoms with Crippen molar-refractivity contribution >= 4 is 183 Å². The van der Waals surface area contributed by atoms with Crippen molar-refractivity contribution in [1.29, 1.82) is 0 Å². The van der Waals surface area contributed by atoms with Gasteiger partial charge in [-0.15, -0.1) is 0 Å². The molecular formula is C66H129Cl3Si13Ti. The quantitative estimate of drug-likeness (QED) is 0.152. The topological polar surface area (TPSA) is 0 Å². The molecule has 3 aromatic carbocycles. The van der Waals surface area contributed by atoms with Crippen molar-refractivity contribution in [3.8, 4) is 0 Å². The summed E-state index contributed by atoms with van der Waals surface area (Å²) in [6.07, 6.45) is 0. The average Bonchev–Trinajstić information content (AvgIpc) is 3.30. The Morgan fingerprint density at radius 2 is 0.301 bits per heavy atom. The Labute approximate surface area is 561 Å². The van der Waals surface area contributed by atoms with Crippen LogP contribution in [0.5, 0.6) is 0 Å². The molecule has 0 saturated heterocycles. The molecule has 17 heteroatoms. The summed E-state index contributed by atoms with van der Waals surface area (Å²) in [5, 5.41) is 29.3. The van der Waals surface area contributed by atoms with E-state index in [-0.39, 0.29) is 40.6 Å². The van der Waals surface area contributed by atoms with Crippen LogP contribution in [-0.2, 0) is 20.4 Å². The summed E-state index contributed by atoms with van der Waals surface area (Å²) >= 11 is 3.03. The van der Waals surface area contributed by atoms with E-state index >= 15 is 0 Å². The van der Waals surface area contributed by atoms with E-state index in [2.05, 4.69) is 305 Å². The minimum atomic E-state index is -3.72. The average molecular weight is 1440 g/mol. The van der Waals surface area contributed by atoms with Crippen molar-refractivity contribution in [2.24, 2.45) is 0 Å². The molecule has 0 fully saturated rings. The summed E-state index contributed by atoms with van der Waals surface area (Å²) < 4.78 is -0.257. The first kappa shape index (κ1) is 82.6. The van der Waals surface area contributed by atoms with E-state index < -0.39 is 105 Å². The summed E-state index contributed by atoms with van der Waals surface area (Å²) in [7, 11) is -29.8. The molecule has 0 aromatic heterocycles. The molecule has 0 heterocycles. The van der Waals surface area contributed by atoms with Crippen molar-refractivity contribution in [1.82, 2.24) is 0 Å². The van der Waals surface area contributed by atoms with E-state index in [9.17, 15) is 0 Å². The molecule has 1 aliphatic rings. The van der Waals surface area contributed by atoms with Crippen molar-refractivity contribution < 1.29 is 57.7 Å². The van der Waals surface area contributed by atoms with Crippen molar-refractivity contribution in [3.63, 3.8) is 0 Å². The van der Waals surface area contributed by atoms with E-state index in [4.69, 9.17) is 0 Å². The minimum absolute atomic E-state index is 0. The molecule has 0 nitrogen and oxygen atoms in total. The second-order valence-electron chi connectivity index (χ2n) is 38.5. The number of halogens is 3. The van der Waals surface area contributed by atoms with Crippen molar-refractivity contribution in [3.05, 3.63) is 39.0 Å². The zero-order chi connectivity index (χ0) is 63.7. The molecule has 3 aromatic rings. The summed E-state index contributed by atoms with van der Waals surface area (Å²) in [5.41, 5.74) is 11.9. The van der Waals surface area contributed by atoms with Crippen LogP contribution in [0.3, 0.4) is 0 Å². The normalized spacial score (nSPS) is 15.9. The van der Waals surface area contributed by atoms with Crippen molar-refractivity contribution in [2.75, 3.05) is 0 Å². The number of hydrogen-bond donors (Lipinski definition) is 0. The zero-order valence-electron chi connectivity index (χ0n) is 62.6. The van der Waals surface area contributed by atoms with Gasteiger partial charge in [-0.25, -0.2) is 0 Å². The zero-order valence-corrected chi connectivity index (χ0v) is 79.5. The van der Waals surface area contributed by atoms with Crippen LogP contribution in [0, 0.1) is 20.8 Å². The molecular weight excluding hydrogens is 1310 g/mol. The molecule has 0 aliphatic heterocycles. The molecule has 0 spiro atoms. The van der Waals surface area contributed by atoms with Crippen LogP contribution >= 0.6 is 0 Å². The molecule has 0 amide bonds. The molecule has 83 heavy (non-hydrogen) atoms. The van der Waals surface area contributed by atoms with Gasteiger partial charge in [0.15, 0.2) is 0 Å². The predicted molar refractivity (Wildman–Crippen MR) is 413 cm³/mol. The van der Waals surface area contributed by atoms with Crippen LogP contribution in [0.15, 0.2) is 22.3 Å². The van der Waals surface area contributed by atoms with Gasteiger partial charge in [-0.1, -0.05) is 0 Å². The Morgan fingerprint density at radius 3 is 0.422 bits per heavy atom. The molecule has 0 N–H and O–H groups in total. The van der Waals surface area contributed by atoms with Crippen LogP contribution < -0.4 is 115 Å². The van der Waals surface area contributed by atoms with Gasteiger partial charge in [0.1, 0.15) is 0 Å². The number of hydrogen-bond acceptors (Lipinski definition) is 0. The maximum Gasteiger partial charge on any atom is -1.00 e. The Morgan fingerprint density at radius 1 is 0.193 bits per heavy atom. The number of rotatable bonds is 16. The van der Waals surface area contributed by atoms with Gasteiger partial charge in [0.05, 0.1) is 0 Å². The summed E-state index contributed by atoms with van der Waals surface area (Å²) in [6.45, 7) is 121. The fourth-order valence-electron chi connectivity index (χ4n) is 16.8. The molecule has 0 atom stereocenters. The predicted octanol–water partition coefficient (Wildman–Crippen LogP) is 3.57. The van der Waals surface area contributed by atoms with Gasteiger partial charge >= 0.3 is 530 Å². The van der Waals surface area contributed by atoms with Gasteiger partial charge in [-0.3, -0.25) is 0 Å². The number of allylic oxidation sites excluding steroid dienone is 4. The first-order valence-electron chi connectivity index (χ1n) is 31.5. The fraction of sp³-hybridized carbons (Fsp3) is 0.667. The first-order valence-corrected chi connectivity index (χ1v) is 76.3. The second-order valence-corrected chi connectivity index (χ2v) is 104. The Kier molecular flexibility index (Phi) is 24.7. The van der Waals surface area contributed by atoms with Crippen LogP contribution in [0.1, 0.15) is 44.4 Å². The third-order valence-corrected chi connectivity index (χ3v) is 55.1. The van der Waals surface area contributed by atoms with Crippen molar-refractivity contribution in [2.45, 2.75) is 288 Å². The third-order valence-electron chi connectivity index (χ3n) is 18.8. The van der Waals surface area contributed by atoms with Gasteiger partial charge in [0.2, 0.25) is 0 Å². The van der Waals surface area contributed by atoms with E-state index in [0.717, 1.165) is 0 Å². The Balaban J connectivity index is 0.0000115. The summed E-state index contributed by atoms with van der Waals surface area (Å²) in [4.78, 5) is 0. The van der Waals surface area contributed by atoms with E-state index in [1.807, 2.05) is 77.8 Å². The molecule has 4 rings (SSSR count). The molecule has 0 radical (unpaired) electrons. The Bertz CT molecular complexity index is 2760. The van der Waals surface area contributed by atoms with Gasteiger partial charge in [-0.2, -0.15) is 0 Å². The van der Waals surface area contributed by atoms with E-state index in [1.54, 1.807) is 39.0 Å². The van der Waals surface area contributed by atoms with Gasteiger partial charge in [0.25, 0.3) is 0 Å². The molecule has 1 aliphatic carbocycles. The SMILES string of the molecule is CC1=C(C)[C]([Ti+3])([Si](c2c([Si](C)(C)C)c(C)c([Si](C)(C)C)c([Si](C)(C)C)c2[Si](C)(C)C)(c2c([Si](C)(C)C)c(C)c([Si](C)(C)C)c([Si](C)(C)C)c2[Si](C)(C)C)c2c([Si](C)(C)C)c(C)c([Si](C)(C)C)c([Si](C)(C)C)c2[Si](C)(C)C)C(C)=C1C.[Cl-].[Cl-].[Cl-]. The van der Waals surface area contributed by atoms with Crippen LogP contribution in [0.2, 0.25) is 239 Å². The van der Waals surface area contributed by atoms with Crippen LogP contribution in [-0.4, -0.2) is 105 Å². The van der Waals surface area contributed by atoms with Gasteiger partial charge in [-0.05, 0) is 0 Å². The second kappa shape index (κ2) is 24.8. The summed E-state index contributed by atoms with van der Waals surface area (Å²) in [6, 6.07) is 0. The van der Waals surface area contributed by atoms with Gasteiger partial charge < -0.3 is 37.2 Å². The molecule has 470 valence electrons. The maximum atomic E-state index is 3.03. The smallest absolute Gasteiger partial charge is 1.00 e. The molecule has 0 saturated carbocycles. The summed E-state index contributed by atoms with van der Waals surface area (Å²) in [5.74, 6) is 0. The van der Waals surface area contributed by atoms with E-state index in [1.165, 1.54) is 0 Å². The van der Waals surface area contributed by atoms with E-state index in [0.29, 0.717) is 0 Å². The van der Waals surface area contributed by atoms with Crippen LogP contribution in [0.4, 0.5) is 0 Å². The molecule has 0 bridgehead atoms. The Hall–Kier alpha value is 1.54. The van der Waals surface area contributed by atoms with Crippen LogP contribution in [0.25, 0.3) is 0 Å². The monoisotopic (exact) mass is 1440 g/mol. The van der Waals surface area contributed by atoms with Gasteiger partial charge in [0, 0.05) is 0 Å². The minimum Gasteiger partial charge on any atom is -1.00 e. The first-order chi connectivity index (χ1) is 34.7. The molecule has 0 unspecified atom stereocenters. The standard InChI is InChI=1S/C66H129Si13.3ClH.Ti/c1-44-45(2)47(4)51(46(44)3)79(64-55(70(17,18)19)48(5)52(67(8,9)10)58(73(26,27)28)61(64)76(35,36)37,65-56(71(20,21)22)49(6)53(68(11,12)13)59(74(29,30)31)62(65)77(38,39)40)66-57(72(23,24)25)50(7)54(69(14,15)16)60(75(32,33)34)63(66)78(41,42)43;;;;/h1-43H3;3*1H;/q;;;;+3/p-3.